The fourth-order valence-corrected chi connectivity index (χ4v) is 5.72. The molecule has 1 aromatic heterocycles. The van der Waals surface area contributed by atoms with Gasteiger partial charge in [-0.3, -0.25) is 10.00 Å². The highest BCUT2D eigenvalue weighted by atomic mass is 16.2. The molecule has 2 amide bonds. The Balaban J connectivity index is 1.42. The van der Waals surface area contributed by atoms with E-state index in [4.69, 9.17) is 0 Å². The Kier molecular flexibility index (Phi) is 3.39. The summed E-state index contributed by atoms with van der Waals surface area (Å²) >= 11 is 0. The summed E-state index contributed by atoms with van der Waals surface area (Å²) < 4.78 is 1.66. The largest absolute Gasteiger partial charge is 0.335 e. The molecular formula is C17H27N5O. The molecule has 4 aliphatic rings. The van der Waals surface area contributed by atoms with Crippen molar-refractivity contribution in [1.82, 2.24) is 20.3 Å². The Morgan fingerprint density at radius 3 is 2.26 bits per heavy atom. The summed E-state index contributed by atoms with van der Waals surface area (Å²) in [6.45, 7) is 4.09. The number of rotatable bonds is 3. The van der Waals surface area contributed by atoms with Crippen molar-refractivity contribution in [3.05, 3.63) is 5.69 Å². The number of carbonyl (C=O) groups excluding carboxylic acids is 1. The van der Waals surface area contributed by atoms with E-state index >= 15 is 0 Å². The van der Waals surface area contributed by atoms with Crippen LogP contribution < -0.4 is 10.6 Å². The monoisotopic (exact) mass is 317 g/mol. The molecular weight excluding hydrogens is 290 g/mol. The summed E-state index contributed by atoms with van der Waals surface area (Å²) in [4.78, 5) is 12.4. The van der Waals surface area contributed by atoms with Crippen LogP contribution in [0.15, 0.2) is 0 Å². The minimum atomic E-state index is -0.156. The fourth-order valence-electron chi connectivity index (χ4n) is 5.72. The molecule has 6 heteroatoms. The molecule has 5 rings (SSSR count). The average molecular weight is 317 g/mol. The topological polar surface area (TPSA) is 71.8 Å². The minimum Gasteiger partial charge on any atom is -0.335 e. The van der Waals surface area contributed by atoms with Gasteiger partial charge in [-0.15, -0.1) is 5.10 Å². The zero-order valence-electron chi connectivity index (χ0n) is 14.3. The molecule has 23 heavy (non-hydrogen) atoms. The lowest BCUT2D eigenvalue weighted by atomic mass is 9.48. The highest BCUT2D eigenvalue weighted by Gasteiger charge is 2.53. The molecule has 0 saturated heterocycles. The summed E-state index contributed by atoms with van der Waals surface area (Å²) in [5.41, 5.74) is 1.19. The molecule has 126 valence electrons. The fraction of sp³-hybridized carbons (Fsp3) is 0.824. The average Bonchev–Trinajstić information content (AvgIpc) is 2.78. The van der Waals surface area contributed by atoms with Gasteiger partial charge in [0.05, 0.1) is 5.69 Å². The molecule has 0 aliphatic heterocycles. The Labute approximate surface area is 137 Å². The van der Waals surface area contributed by atoms with Crippen LogP contribution in [0.4, 0.5) is 10.6 Å². The third kappa shape index (κ3) is 2.52. The lowest BCUT2D eigenvalue weighted by Crippen LogP contribution is -2.56. The normalized spacial score (nSPS) is 36.0. The van der Waals surface area contributed by atoms with Crippen molar-refractivity contribution in [2.24, 2.45) is 30.2 Å². The van der Waals surface area contributed by atoms with Crippen LogP contribution in [-0.4, -0.2) is 27.1 Å². The number of amides is 2. The Bertz CT molecular complexity index is 587. The maximum Gasteiger partial charge on any atom is 0.320 e. The van der Waals surface area contributed by atoms with Crippen molar-refractivity contribution < 1.29 is 4.79 Å². The molecule has 4 aliphatic carbocycles. The third-order valence-electron chi connectivity index (χ3n) is 6.69. The van der Waals surface area contributed by atoms with E-state index in [0.717, 1.165) is 23.4 Å². The van der Waals surface area contributed by atoms with E-state index in [2.05, 4.69) is 27.9 Å². The van der Waals surface area contributed by atoms with Crippen molar-refractivity contribution in [3.8, 4) is 0 Å². The molecule has 6 nitrogen and oxygen atoms in total. The number of aromatic nitrogens is 3. The molecule has 1 heterocycles. The second-order valence-corrected chi connectivity index (χ2v) is 8.25. The molecule has 4 fully saturated rings. The second kappa shape index (κ2) is 5.21. The number of hydrogen-bond donors (Lipinski definition) is 2. The van der Waals surface area contributed by atoms with Crippen LogP contribution >= 0.6 is 0 Å². The van der Waals surface area contributed by atoms with Gasteiger partial charge in [0.25, 0.3) is 0 Å². The first kappa shape index (κ1) is 15.0. The van der Waals surface area contributed by atoms with Gasteiger partial charge in [0.1, 0.15) is 0 Å². The predicted octanol–water partition coefficient (Wildman–Crippen LogP) is 2.85. The quantitative estimate of drug-likeness (QED) is 0.900. The highest BCUT2D eigenvalue weighted by Crippen LogP contribution is 2.61. The van der Waals surface area contributed by atoms with Crippen molar-refractivity contribution in [3.63, 3.8) is 0 Å². The molecule has 0 radical (unpaired) electrons. The first-order valence-electron chi connectivity index (χ1n) is 8.89. The van der Waals surface area contributed by atoms with Gasteiger partial charge in [0.15, 0.2) is 5.82 Å². The molecule has 1 unspecified atom stereocenters. The number of carbonyl (C=O) groups is 1. The van der Waals surface area contributed by atoms with Crippen LogP contribution in [0.1, 0.15) is 51.1 Å². The van der Waals surface area contributed by atoms with Gasteiger partial charge in [-0.1, -0.05) is 5.21 Å². The molecule has 1 aromatic rings. The number of urea groups is 1. The summed E-state index contributed by atoms with van der Waals surface area (Å²) in [7, 11) is 1.82. The van der Waals surface area contributed by atoms with E-state index in [1.165, 1.54) is 38.5 Å². The van der Waals surface area contributed by atoms with Crippen LogP contribution in [0.25, 0.3) is 0 Å². The first-order valence-corrected chi connectivity index (χ1v) is 8.89. The van der Waals surface area contributed by atoms with Gasteiger partial charge in [-0.2, -0.15) is 0 Å². The van der Waals surface area contributed by atoms with Crippen molar-refractivity contribution >= 4 is 11.8 Å². The van der Waals surface area contributed by atoms with Crippen LogP contribution in [0.5, 0.6) is 0 Å². The second-order valence-electron chi connectivity index (χ2n) is 8.25. The van der Waals surface area contributed by atoms with Gasteiger partial charge >= 0.3 is 6.03 Å². The summed E-state index contributed by atoms with van der Waals surface area (Å²) in [6, 6.07) is 0.0599. The maximum absolute atomic E-state index is 12.4. The smallest absolute Gasteiger partial charge is 0.320 e. The maximum atomic E-state index is 12.4. The first-order chi connectivity index (χ1) is 10.9. The van der Waals surface area contributed by atoms with E-state index in [9.17, 15) is 4.79 Å². The lowest BCUT2D eigenvalue weighted by molar-refractivity contribution is -0.0680. The molecule has 0 spiro atoms. The van der Waals surface area contributed by atoms with E-state index < -0.39 is 0 Å². The van der Waals surface area contributed by atoms with Crippen molar-refractivity contribution in [2.75, 3.05) is 5.32 Å². The molecule has 1 atom stereocenters. The molecule has 2 N–H and O–H groups in total. The molecule has 4 bridgehead atoms. The Morgan fingerprint density at radius 2 is 1.78 bits per heavy atom. The van der Waals surface area contributed by atoms with Crippen LogP contribution in [0, 0.1) is 30.1 Å². The highest BCUT2D eigenvalue weighted by molar-refractivity contribution is 5.88. The number of aryl methyl sites for hydroxylation is 1. The van der Waals surface area contributed by atoms with Crippen LogP contribution in [0.3, 0.4) is 0 Å². The van der Waals surface area contributed by atoms with Crippen molar-refractivity contribution in [1.29, 1.82) is 0 Å². The number of anilines is 1. The predicted molar refractivity (Wildman–Crippen MR) is 88.0 cm³/mol. The zero-order chi connectivity index (χ0) is 16.2. The molecule has 4 saturated carbocycles. The van der Waals surface area contributed by atoms with Gasteiger partial charge in [0.2, 0.25) is 0 Å². The summed E-state index contributed by atoms with van der Waals surface area (Å²) in [5.74, 6) is 3.24. The van der Waals surface area contributed by atoms with Gasteiger partial charge in [0, 0.05) is 13.1 Å². The summed E-state index contributed by atoms with van der Waals surface area (Å²) in [5, 5.41) is 14.0. The number of hydrogen-bond acceptors (Lipinski definition) is 3. The van der Waals surface area contributed by atoms with E-state index in [0.29, 0.717) is 11.2 Å². The Hall–Kier alpha value is -1.59. The standard InChI is InChI=1S/C17H27N5O/c1-10-15(20-21-22(10)3)19-16(23)18-11(2)17-7-12-4-13(8-17)6-14(5-12)9-17/h11-14H,4-9H2,1-3H3,(H2,18,19,23). The Morgan fingerprint density at radius 1 is 1.22 bits per heavy atom. The lowest BCUT2D eigenvalue weighted by Gasteiger charge is -2.59. The zero-order valence-corrected chi connectivity index (χ0v) is 14.3. The van der Waals surface area contributed by atoms with Crippen molar-refractivity contribution in [2.45, 2.75) is 58.4 Å². The SMILES string of the molecule is Cc1c(NC(=O)NC(C)C23CC4CC(CC(C4)C2)C3)nnn1C. The summed E-state index contributed by atoms with van der Waals surface area (Å²) in [6.07, 6.45) is 8.17. The van der Waals surface area contributed by atoms with E-state index in [1.807, 2.05) is 14.0 Å². The number of nitrogens with one attached hydrogen (secondary N) is 2. The number of nitrogens with zero attached hydrogens (tertiary/aromatic N) is 3. The molecule has 0 aromatic carbocycles. The van der Waals surface area contributed by atoms with E-state index in [1.54, 1.807) is 4.68 Å². The minimum absolute atomic E-state index is 0.156. The van der Waals surface area contributed by atoms with Crippen LogP contribution in [0.2, 0.25) is 0 Å². The van der Waals surface area contributed by atoms with Gasteiger partial charge in [-0.25, -0.2) is 4.79 Å². The van der Waals surface area contributed by atoms with Crippen LogP contribution in [-0.2, 0) is 7.05 Å². The van der Waals surface area contributed by atoms with Gasteiger partial charge in [-0.05, 0) is 75.5 Å². The van der Waals surface area contributed by atoms with Gasteiger partial charge < -0.3 is 5.32 Å². The third-order valence-corrected chi connectivity index (χ3v) is 6.69. The van der Waals surface area contributed by atoms with E-state index in [-0.39, 0.29) is 12.1 Å².